The molecule has 2 fully saturated rings. The van der Waals surface area contributed by atoms with E-state index >= 15 is 0 Å². The van der Waals surface area contributed by atoms with Crippen molar-refractivity contribution >= 4 is 15.9 Å². The smallest absolute Gasteiger partial charge is 0.227 e. The van der Waals surface area contributed by atoms with Crippen LogP contribution in [0.3, 0.4) is 0 Å². The monoisotopic (exact) mass is 347 g/mol. The molecule has 0 unspecified atom stereocenters. The highest BCUT2D eigenvalue weighted by Crippen LogP contribution is 2.20. The van der Waals surface area contributed by atoms with E-state index in [0.29, 0.717) is 25.6 Å². The van der Waals surface area contributed by atoms with Gasteiger partial charge in [0.15, 0.2) is 0 Å². The Labute approximate surface area is 139 Å². The summed E-state index contributed by atoms with van der Waals surface area (Å²) in [5, 5.41) is 0. The molecule has 0 aromatic carbocycles. The van der Waals surface area contributed by atoms with Gasteiger partial charge in [-0.1, -0.05) is 0 Å². The van der Waals surface area contributed by atoms with E-state index in [-0.39, 0.29) is 18.4 Å². The number of hydrogen-bond donors (Lipinski definition) is 0. The maximum Gasteiger partial charge on any atom is 0.227 e. The predicted octanol–water partition coefficient (Wildman–Crippen LogP) is -0.305. The fourth-order valence-electron chi connectivity index (χ4n) is 3.33. The van der Waals surface area contributed by atoms with Crippen molar-refractivity contribution in [2.24, 2.45) is 11.8 Å². The third-order valence-corrected chi connectivity index (χ3v) is 5.95. The molecule has 2 saturated heterocycles. The van der Waals surface area contributed by atoms with Gasteiger partial charge in [0.2, 0.25) is 15.9 Å². The van der Waals surface area contributed by atoms with Gasteiger partial charge in [-0.3, -0.25) is 4.79 Å². The topological polar surface area (TPSA) is 70.2 Å². The third kappa shape index (κ3) is 5.41. The Kier molecular flexibility index (Phi) is 6.41. The first kappa shape index (κ1) is 18.6. The van der Waals surface area contributed by atoms with Gasteiger partial charge in [-0.25, -0.2) is 12.7 Å². The van der Waals surface area contributed by atoms with Gasteiger partial charge in [0.1, 0.15) is 0 Å². The minimum absolute atomic E-state index is 0.00229. The number of carbonyl (C=O) groups is 1. The predicted molar refractivity (Wildman–Crippen MR) is 88.6 cm³/mol. The van der Waals surface area contributed by atoms with E-state index < -0.39 is 10.0 Å². The number of nitrogens with zero attached hydrogens (tertiary/aromatic N) is 3. The second kappa shape index (κ2) is 7.92. The van der Waals surface area contributed by atoms with Crippen LogP contribution in [-0.2, 0) is 19.6 Å². The first-order valence-corrected chi connectivity index (χ1v) is 10.1. The van der Waals surface area contributed by atoms with Crippen LogP contribution in [0, 0.1) is 11.8 Å². The van der Waals surface area contributed by atoms with Gasteiger partial charge < -0.3 is 14.5 Å². The van der Waals surface area contributed by atoms with Crippen LogP contribution in [0.25, 0.3) is 0 Å². The molecule has 7 nitrogen and oxygen atoms in total. The van der Waals surface area contributed by atoms with E-state index in [2.05, 4.69) is 4.90 Å². The van der Waals surface area contributed by atoms with Gasteiger partial charge in [-0.2, -0.15) is 0 Å². The molecule has 0 aliphatic carbocycles. The van der Waals surface area contributed by atoms with Crippen molar-refractivity contribution in [1.29, 1.82) is 0 Å². The van der Waals surface area contributed by atoms with Crippen LogP contribution in [0.4, 0.5) is 0 Å². The zero-order valence-electron chi connectivity index (χ0n) is 14.4. The van der Waals surface area contributed by atoms with Crippen LogP contribution in [-0.4, -0.2) is 94.7 Å². The Morgan fingerprint density at radius 3 is 2.39 bits per heavy atom. The van der Waals surface area contributed by atoms with Crippen molar-refractivity contribution in [1.82, 2.24) is 14.1 Å². The summed E-state index contributed by atoms with van der Waals surface area (Å²) in [4.78, 5) is 16.2. The van der Waals surface area contributed by atoms with E-state index in [0.717, 1.165) is 32.6 Å². The zero-order valence-corrected chi connectivity index (χ0v) is 15.2. The summed E-state index contributed by atoms with van der Waals surface area (Å²) < 4.78 is 30.7. The van der Waals surface area contributed by atoms with Crippen molar-refractivity contribution in [3.63, 3.8) is 0 Å². The molecule has 2 aliphatic heterocycles. The molecule has 2 aliphatic rings. The summed E-state index contributed by atoms with van der Waals surface area (Å²) in [6.07, 6.45) is 3.30. The summed E-state index contributed by atoms with van der Waals surface area (Å²) in [6.45, 7) is 4.56. The Morgan fingerprint density at radius 2 is 1.83 bits per heavy atom. The number of amides is 1. The molecule has 8 heteroatoms. The number of sulfonamides is 1. The summed E-state index contributed by atoms with van der Waals surface area (Å²) in [5.41, 5.74) is 0. The lowest BCUT2D eigenvalue weighted by molar-refractivity contribution is -0.133. The van der Waals surface area contributed by atoms with Crippen molar-refractivity contribution < 1.29 is 17.9 Å². The van der Waals surface area contributed by atoms with Crippen molar-refractivity contribution in [2.75, 3.05) is 66.3 Å². The second-order valence-corrected chi connectivity index (χ2v) is 8.85. The maximum atomic E-state index is 12.4. The lowest BCUT2D eigenvalue weighted by atomic mass is 9.99. The van der Waals surface area contributed by atoms with Crippen LogP contribution in [0.15, 0.2) is 0 Å². The van der Waals surface area contributed by atoms with E-state index in [9.17, 15) is 13.2 Å². The normalized spacial score (nSPS) is 26.0. The molecule has 2 heterocycles. The SMILES string of the molecule is CN(C)C(=O)[C@@H]1CN(CC2CCOCC2)CCN(S(C)(=O)=O)C1. The third-order valence-electron chi connectivity index (χ3n) is 4.68. The van der Waals surface area contributed by atoms with E-state index in [1.165, 1.54) is 10.6 Å². The molecule has 1 atom stereocenters. The zero-order chi connectivity index (χ0) is 17.0. The minimum Gasteiger partial charge on any atom is -0.381 e. The summed E-state index contributed by atoms with van der Waals surface area (Å²) in [7, 11) is 0.164. The van der Waals surface area contributed by atoms with Crippen LogP contribution >= 0.6 is 0 Å². The van der Waals surface area contributed by atoms with Crippen molar-refractivity contribution in [3.8, 4) is 0 Å². The molecule has 0 aromatic heterocycles. The summed E-state index contributed by atoms with van der Waals surface area (Å²) in [5.74, 6) is 0.267. The average Bonchev–Trinajstić information content (AvgIpc) is 2.70. The fraction of sp³-hybridized carbons (Fsp3) is 0.933. The van der Waals surface area contributed by atoms with Gasteiger partial charge in [0.05, 0.1) is 12.2 Å². The molecule has 0 saturated carbocycles. The quantitative estimate of drug-likeness (QED) is 0.698. The first-order valence-electron chi connectivity index (χ1n) is 8.23. The lowest BCUT2D eigenvalue weighted by Gasteiger charge is -2.30. The number of ether oxygens (including phenoxy) is 1. The van der Waals surface area contributed by atoms with Crippen LogP contribution in [0.2, 0.25) is 0 Å². The molecule has 23 heavy (non-hydrogen) atoms. The highest BCUT2D eigenvalue weighted by Gasteiger charge is 2.33. The van der Waals surface area contributed by atoms with Gasteiger partial charge in [0.25, 0.3) is 0 Å². The van der Waals surface area contributed by atoms with Crippen molar-refractivity contribution in [2.45, 2.75) is 12.8 Å². The average molecular weight is 347 g/mol. The Hall–Kier alpha value is -0.700. The largest absolute Gasteiger partial charge is 0.381 e. The van der Waals surface area contributed by atoms with Crippen LogP contribution in [0.5, 0.6) is 0 Å². The van der Waals surface area contributed by atoms with E-state index in [1.54, 1.807) is 19.0 Å². The first-order chi connectivity index (χ1) is 10.8. The Morgan fingerprint density at radius 1 is 1.17 bits per heavy atom. The molecule has 0 radical (unpaired) electrons. The second-order valence-electron chi connectivity index (χ2n) is 6.87. The molecule has 0 N–H and O–H groups in total. The molecule has 0 spiro atoms. The van der Waals surface area contributed by atoms with E-state index in [4.69, 9.17) is 4.74 Å². The van der Waals surface area contributed by atoms with Gasteiger partial charge in [-0.05, 0) is 18.8 Å². The Bertz CT molecular complexity index is 503. The number of rotatable bonds is 4. The summed E-state index contributed by atoms with van der Waals surface area (Å²) in [6, 6.07) is 0. The van der Waals surface area contributed by atoms with Crippen LogP contribution in [0.1, 0.15) is 12.8 Å². The van der Waals surface area contributed by atoms with Gasteiger partial charge in [-0.15, -0.1) is 0 Å². The maximum absolute atomic E-state index is 12.4. The lowest BCUT2D eigenvalue weighted by Crippen LogP contribution is -2.42. The fourth-order valence-corrected chi connectivity index (χ4v) is 4.20. The molecule has 1 amide bonds. The molecular weight excluding hydrogens is 318 g/mol. The Balaban J connectivity index is 2.07. The highest BCUT2D eigenvalue weighted by atomic mass is 32.2. The number of carbonyl (C=O) groups excluding carboxylic acids is 1. The molecule has 0 bridgehead atoms. The van der Waals surface area contributed by atoms with Gasteiger partial charge >= 0.3 is 0 Å². The van der Waals surface area contributed by atoms with Gasteiger partial charge in [0, 0.05) is 60.0 Å². The summed E-state index contributed by atoms with van der Waals surface area (Å²) >= 11 is 0. The standard InChI is InChI=1S/C15H29N3O4S/c1-16(2)15(19)14-11-17(10-13-4-8-22-9-5-13)6-7-18(12-14)23(3,20)21/h13-14H,4-12H2,1-3H3/t14-/m1/s1. The van der Waals surface area contributed by atoms with Crippen LogP contribution < -0.4 is 0 Å². The molecular formula is C15H29N3O4S. The van der Waals surface area contributed by atoms with Crippen molar-refractivity contribution in [3.05, 3.63) is 0 Å². The highest BCUT2D eigenvalue weighted by molar-refractivity contribution is 7.88. The minimum atomic E-state index is -3.28. The van der Waals surface area contributed by atoms with E-state index in [1.807, 2.05) is 0 Å². The number of hydrogen-bond acceptors (Lipinski definition) is 5. The molecule has 2 rings (SSSR count). The molecule has 0 aromatic rings. The molecule has 134 valence electrons.